The van der Waals surface area contributed by atoms with Gasteiger partial charge in [-0.3, -0.25) is 0 Å². The molecule has 5 nitrogen and oxygen atoms in total. The van der Waals surface area contributed by atoms with E-state index < -0.39 is 0 Å². The number of hydrogen-bond donors (Lipinski definition) is 3. The molecule has 1 aromatic carbocycles. The van der Waals surface area contributed by atoms with Crippen molar-refractivity contribution < 1.29 is 9.94 Å². The van der Waals surface area contributed by atoms with Crippen LogP contribution < -0.4 is 11.1 Å². The third-order valence-corrected chi connectivity index (χ3v) is 4.75. The van der Waals surface area contributed by atoms with Crippen molar-refractivity contribution in [1.82, 2.24) is 5.32 Å². The molecule has 0 amide bonds. The zero-order chi connectivity index (χ0) is 15.6. The van der Waals surface area contributed by atoms with Gasteiger partial charge in [0.1, 0.15) is 0 Å². The lowest BCUT2D eigenvalue weighted by Gasteiger charge is -2.51. The highest BCUT2D eigenvalue weighted by atomic mass is 16.5. The van der Waals surface area contributed by atoms with Gasteiger partial charge in [0, 0.05) is 30.7 Å². The van der Waals surface area contributed by atoms with Crippen molar-refractivity contribution in [3.05, 3.63) is 34.9 Å². The van der Waals surface area contributed by atoms with E-state index in [-0.39, 0.29) is 11.3 Å². The van der Waals surface area contributed by atoms with Gasteiger partial charge in [-0.15, -0.1) is 0 Å². The van der Waals surface area contributed by atoms with Crippen LogP contribution in [-0.4, -0.2) is 30.3 Å². The van der Waals surface area contributed by atoms with Gasteiger partial charge in [0.05, 0.1) is 6.10 Å². The molecule has 2 atom stereocenters. The first kappa shape index (κ1) is 15.8. The average Bonchev–Trinajstić information content (AvgIpc) is 2.46. The lowest BCUT2D eigenvalue weighted by atomic mass is 9.64. The number of amidine groups is 1. The van der Waals surface area contributed by atoms with Crippen LogP contribution in [0.25, 0.3) is 0 Å². The third-order valence-electron chi connectivity index (χ3n) is 4.75. The van der Waals surface area contributed by atoms with Crippen molar-refractivity contribution in [2.45, 2.75) is 45.9 Å². The van der Waals surface area contributed by atoms with Crippen LogP contribution >= 0.6 is 0 Å². The maximum Gasteiger partial charge on any atom is 0.170 e. The van der Waals surface area contributed by atoms with E-state index in [9.17, 15) is 0 Å². The number of ether oxygens (including phenoxy) is 1. The Balaban J connectivity index is 1.99. The highest BCUT2D eigenvalue weighted by molar-refractivity contribution is 5.97. The van der Waals surface area contributed by atoms with Gasteiger partial charge in [0.25, 0.3) is 0 Å². The summed E-state index contributed by atoms with van der Waals surface area (Å²) in [7, 11) is 1.78. The monoisotopic (exact) mass is 291 g/mol. The molecule has 1 aliphatic rings. The molecular weight excluding hydrogens is 266 g/mol. The van der Waals surface area contributed by atoms with Crippen molar-refractivity contribution in [2.24, 2.45) is 16.3 Å². The van der Waals surface area contributed by atoms with Crippen molar-refractivity contribution >= 4 is 5.84 Å². The standard InChI is InChI=1S/C16H25N3O2/c1-10-7-11(15(17)19-20)5-6-12(10)9-18-13-8-14(21-4)16(13,2)3/h5-7,13-14,18,20H,8-9H2,1-4H3,(H2,17,19). The maximum absolute atomic E-state index is 8.71. The van der Waals surface area contributed by atoms with Crippen LogP contribution in [0.5, 0.6) is 0 Å². The van der Waals surface area contributed by atoms with Crippen LogP contribution in [0.2, 0.25) is 0 Å². The predicted molar refractivity (Wildman–Crippen MR) is 83.5 cm³/mol. The first-order valence-corrected chi connectivity index (χ1v) is 7.23. The van der Waals surface area contributed by atoms with Crippen LogP contribution in [0, 0.1) is 12.3 Å². The zero-order valence-electron chi connectivity index (χ0n) is 13.2. The fourth-order valence-corrected chi connectivity index (χ4v) is 2.98. The number of methoxy groups -OCH3 is 1. The van der Waals surface area contributed by atoms with Crippen LogP contribution in [0.3, 0.4) is 0 Å². The summed E-state index contributed by atoms with van der Waals surface area (Å²) in [6.45, 7) is 7.31. The summed E-state index contributed by atoms with van der Waals surface area (Å²) in [6, 6.07) is 6.30. The molecule has 1 saturated carbocycles. The summed E-state index contributed by atoms with van der Waals surface area (Å²) in [6.07, 6.45) is 1.38. The molecule has 1 aromatic rings. The van der Waals surface area contributed by atoms with E-state index in [1.165, 1.54) is 5.56 Å². The van der Waals surface area contributed by atoms with E-state index in [0.717, 1.165) is 24.1 Å². The molecule has 2 rings (SSSR count). The summed E-state index contributed by atoms with van der Waals surface area (Å²) < 4.78 is 5.47. The van der Waals surface area contributed by atoms with Gasteiger partial charge in [-0.25, -0.2) is 0 Å². The molecule has 1 fully saturated rings. The number of rotatable bonds is 5. The summed E-state index contributed by atoms with van der Waals surface area (Å²) in [5.41, 5.74) is 8.86. The zero-order valence-corrected chi connectivity index (χ0v) is 13.2. The smallest absolute Gasteiger partial charge is 0.170 e. The van der Waals surface area contributed by atoms with Crippen molar-refractivity contribution in [3.8, 4) is 0 Å². The minimum absolute atomic E-state index is 0.140. The minimum Gasteiger partial charge on any atom is -0.409 e. The molecule has 0 aliphatic heterocycles. The third kappa shape index (κ3) is 3.04. The Kier molecular flexibility index (Phi) is 4.54. The normalized spacial score (nSPS) is 24.7. The van der Waals surface area contributed by atoms with Gasteiger partial charge < -0.3 is 21.0 Å². The fourth-order valence-electron chi connectivity index (χ4n) is 2.98. The molecular formula is C16H25N3O2. The van der Waals surface area contributed by atoms with E-state index in [1.54, 1.807) is 7.11 Å². The largest absolute Gasteiger partial charge is 0.409 e. The SMILES string of the molecule is COC1CC(NCc2ccc(/C(N)=N/O)cc2C)C1(C)C. The number of oxime groups is 1. The van der Waals surface area contributed by atoms with Gasteiger partial charge in [-0.2, -0.15) is 0 Å². The maximum atomic E-state index is 8.71. The van der Waals surface area contributed by atoms with Crippen molar-refractivity contribution in [1.29, 1.82) is 0 Å². The van der Waals surface area contributed by atoms with Gasteiger partial charge in [-0.1, -0.05) is 31.1 Å². The summed E-state index contributed by atoms with van der Waals surface area (Å²) >= 11 is 0. The van der Waals surface area contributed by atoms with E-state index in [1.807, 2.05) is 25.1 Å². The van der Waals surface area contributed by atoms with Gasteiger partial charge in [0.15, 0.2) is 5.84 Å². The lowest BCUT2D eigenvalue weighted by molar-refractivity contribution is -0.0979. The number of aryl methyl sites for hydroxylation is 1. The molecule has 21 heavy (non-hydrogen) atoms. The molecule has 0 saturated heterocycles. The van der Waals surface area contributed by atoms with Crippen LogP contribution in [0.15, 0.2) is 23.4 Å². The fraction of sp³-hybridized carbons (Fsp3) is 0.562. The predicted octanol–water partition coefficient (Wildman–Crippen LogP) is 1.99. The molecule has 0 bridgehead atoms. The number of nitrogens with zero attached hydrogens (tertiary/aromatic N) is 1. The number of nitrogens with one attached hydrogen (secondary N) is 1. The van der Waals surface area contributed by atoms with Gasteiger partial charge in [-0.05, 0) is 30.5 Å². The Labute approximate surface area is 126 Å². The number of hydrogen-bond acceptors (Lipinski definition) is 4. The van der Waals surface area contributed by atoms with E-state index in [4.69, 9.17) is 15.7 Å². The molecule has 1 aliphatic carbocycles. The van der Waals surface area contributed by atoms with Crippen molar-refractivity contribution in [3.63, 3.8) is 0 Å². The second-order valence-electron chi connectivity index (χ2n) is 6.34. The molecule has 0 aromatic heterocycles. The Morgan fingerprint density at radius 2 is 2.24 bits per heavy atom. The second-order valence-corrected chi connectivity index (χ2v) is 6.34. The molecule has 2 unspecified atom stereocenters. The van der Waals surface area contributed by atoms with Gasteiger partial charge in [0.2, 0.25) is 0 Å². The quantitative estimate of drug-likeness (QED) is 0.335. The summed E-state index contributed by atoms with van der Waals surface area (Å²) in [5, 5.41) is 15.3. The highest BCUT2D eigenvalue weighted by Crippen LogP contribution is 2.42. The molecule has 116 valence electrons. The van der Waals surface area contributed by atoms with Crippen molar-refractivity contribution in [2.75, 3.05) is 7.11 Å². The first-order valence-electron chi connectivity index (χ1n) is 7.23. The number of nitrogens with two attached hydrogens (primary N) is 1. The average molecular weight is 291 g/mol. The molecule has 0 heterocycles. The Bertz CT molecular complexity index is 540. The molecule has 0 spiro atoms. The van der Waals surface area contributed by atoms with Crippen LogP contribution in [0.4, 0.5) is 0 Å². The van der Waals surface area contributed by atoms with E-state index >= 15 is 0 Å². The highest BCUT2D eigenvalue weighted by Gasteiger charge is 2.48. The van der Waals surface area contributed by atoms with Crippen LogP contribution in [-0.2, 0) is 11.3 Å². The molecule has 0 radical (unpaired) electrons. The molecule has 4 N–H and O–H groups in total. The second kappa shape index (κ2) is 6.03. The minimum atomic E-state index is 0.140. The summed E-state index contributed by atoms with van der Waals surface area (Å²) in [4.78, 5) is 0. The topological polar surface area (TPSA) is 79.9 Å². The number of benzene rings is 1. The Morgan fingerprint density at radius 1 is 1.52 bits per heavy atom. The van der Waals surface area contributed by atoms with E-state index in [2.05, 4.69) is 24.3 Å². The van der Waals surface area contributed by atoms with E-state index in [0.29, 0.717) is 12.1 Å². The Morgan fingerprint density at radius 3 is 2.76 bits per heavy atom. The first-order chi connectivity index (χ1) is 9.90. The summed E-state index contributed by atoms with van der Waals surface area (Å²) in [5.74, 6) is 0.140. The van der Waals surface area contributed by atoms with Gasteiger partial charge >= 0.3 is 0 Å². The van der Waals surface area contributed by atoms with Crippen LogP contribution in [0.1, 0.15) is 37.0 Å². The lowest BCUT2D eigenvalue weighted by Crippen LogP contribution is -2.60. The Hall–Kier alpha value is -1.59. The molecule has 5 heteroatoms.